The Kier molecular flexibility index (Phi) is 18.5. The SMILES string of the molecule is O=C1/C(=N/Nc2ccc3c(S(=O)(=O)O)cccc3c2S(=O)(=O)O)C(S(=O)(=O)O)=Cc2cc(S(=O)(=O)O)cc(N=c3[nH]c(O)nc(=NCc4cccc(N=c5nc(O)[nH]c(=Nc6cc(S(=O)(=O)O)cc7c6C(=O)/C(=N/Nc6ccc8c(S(=O)(=O)O)cccc8c6S(=O)(=O)O)C(S(=O)(=O)O)=C7)[nH]5)c4)[nH]3)c21. The van der Waals surface area contributed by atoms with Crippen LogP contribution < -0.4 is 33.3 Å². The normalized spacial score (nSPS) is 15.8. The largest absolute Gasteiger partial charge is 0.480 e. The van der Waals surface area contributed by atoms with Gasteiger partial charge >= 0.3 is 0 Å². The summed E-state index contributed by atoms with van der Waals surface area (Å²) in [7, 11) is -42.6. The number of H-pyrrole nitrogens is 4. The van der Waals surface area contributed by atoms with Crippen molar-refractivity contribution >= 4 is 166 Å². The molecule has 42 nitrogen and oxygen atoms in total. The number of carbonyl (C=O) groups is 2. The number of hydrazone groups is 2. The van der Waals surface area contributed by atoms with Gasteiger partial charge in [-0.25, -0.2) is 20.0 Å². The fourth-order valence-corrected chi connectivity index (χ4v) is 15.7. The first-order valence-corrected chi connectivity index (χ1v) is 38.8. The summed E-state index contributed by atoms with van der Waals surface area (Å²) in [5.41, 5.74) is -6.37. The Hall–Kier alpha value is -11.1. The Bertz CT molecular complexity index is 6790. The molecule has 0 atom stereocenters. The quantitative estimate of drug-likeness (QED) is 0.0454. The standard InChI is InChI=1S/C53H38N14O28S8/c68-44-40-23(17-38(100(84,85)86)42(44)66-64-32-12-10-28-30(46(32)102(90,91)92)6-2-8-36(28)98(78,79)80)15-26(96(72,73)74)19-34(40)56-50-58-48(60-52(70)62-50)54-21-22-4-1-5-25(14-22)55-49-59-51(63-53(71)61-49)57-35-20-27(97(75,76)77)16-24-18-39(101(87,88)89)43(45(69)41(24)35)67-65-33-13-11-29-31(47(33)103(93,94)95)7-3-9-37(29)99(81,82)83/h1-20,64-65H,21H2,(H,72,73,74)(H,75,76,77)(H,78,79,80)(H,81,82,83)(H,84,85,86)(H,87,88,89)(H,90,91,92)(H,93,94,95)(H3,54,56,58,60,62,70)(H3,55,57,59,61,63,71)/b66-42+,67-43+. The van der Waals surface area contributed by atoms with Gasteiger partial charge in [0.05, 0.1) is 55.9 Å². The molecule has 7 aromatic carbocycles. The number of anilines is 2. The molecule has 16 N–H and O–H groups in total. The molecular weight excluding hydrogens is 1540 g/mol. The van der Waals surface area contributed by atoms with Gasteiger partial charge in [0, 0.05) is 21.5 Å². The number of ketones is 2. The molecule has 2 heterocycles. The second-order valence-electron chi connectivity index (χ2n) is 21.1. The average Bonchev–Trinajstić information content (AvgIpc) is 0.765. The number of nitrogens with zero attached hydrogens (tertiary/aromatic N) is 8. The van der Waals surface area contributed by atoms with E-state index in [-0.39, 0.29) is 17.8 Å². The maximum atomic E-state index is 14.5. The number of carbonyl (C=O) groups excluding carboxylic acids is 2. The minimum atomic E-state index is -5.59. The summed E-state index contributed by atoms with van der Waals surface area (Å²) >= 11 is 0. The van der Waals surface area contributed by atoms with E-state index in [2.05, 4.69) is 70.9 Å². The van der Waals surface area contributed by atoms with Crippen molar-refractivity contribution in [2.45, 2.75) is 35.9 Å². The maximum absolute atomic E-state index is 14.5. The van der Waals surface area contributed by atoms with Crippen molar-refractivity contribution in [3.8, 4) is 12.0 Å². The Morgan fingerprint density at radius 3 is 1.21 bits per heavy atom. The third kappa shape index (κ3) is 15.4. The number of hydrogen-bond acceptors (Lipinski definition) is 30. The number of aromatic nitrogens is 6. The Balaban J connectivity index is 0.942. The number of aromatic hydroxyl groups is 2. The molecule has 103 heavy (non-hydrogen) atoms. The molecule has 0 unspecified atom stereocenters. The van der Waals surface area contributed by atoms with E-state index in [1.165, 1.54) is 24.3 Å². The van der Waals surface area contributed by atoms with E-state index in [0.29, 0.717) is 36.4 Å². The summed E-state index contributed by atoms with van der Waals surface area (Å²) < 4.78 is 282. The highest BCUT2D eigenvalue weighted by Crippen LogP contribution is 2.40. The van der Waals surface area contributed by atoms with Crippen molar-refractivity contribution < 1.29 is 124 Å². The first-order valence-electron chi connectivity index (χ1n) is 27.2. The summed E-state index contributed by atoms with van der Waals surface area (Å²) in [4.78, 5) is 54.3. The molecule has 0 saturated carbocycles. The van der Waals surface area contributed by atoms with Crippen molar-refractivity contribution in [2.75, 3.05) is 10.9 Å². The maximum Gasteiger partial charge on any atom is 0.297 e. The summed E-state index contributed by atoms with van der Waals surface area (Å²) in [6.07, 6.45) is 0.991. The second kappa shape index (κ2) is 26.1. The number of rotatable bonds is 17. The van der Waals surface area contributed by atoms with Crippen LogP contribution in [0, 0.1) is 0 Å². The van der Waals surface area contributed by atoms with E-state index in [0.717, 1.165) is 60.7 Å². The molecule has 2 aliphatic rings. The number of fused-ring (bicyclic) bond motifs is 4. The van der Waals surface area contributed by atoms with Crippen molar-refractivity contribution in [3.05, 3.63) is 169 Å². The van der Waals surface area contributed by atoms with E-state index >= 15 is 0 Å². The molecule has 0 bridgehead atoms. The first kappa shape index (κ1) is 73.1. The lowest BCUT2D eigenvalue weighted by Crippen LogP contribution is -2.29. The van der Waals surface area contributed by atoms with Gasteiger partial charge in [-0.15, -0.1) is 0 Å². The highest BCUT2D eigenvalue weighted by Gasteiger charge is 2.39. The zero-order chi connectivity index (χ0) is 75.2. The summed E-state index contributed by atoms with van der Waals surface area (Å²) in [6.45, 7) is -0.388. The predicted molar refractivity (Wildman–Crippen MR) is 350 cm³/mol. The van der Waals surface area contributed by atoms with Gasteiger partial charge < -0.3 is 10.2 Å². The van der Waals surface area contributed by atoms with Crippen molar-refractivity contribution in [3.63, 3.8) is 0 Å². The fraction of sp³-hybridized carbons (Fsp3) is 0.0189. The number of Topliss-reactive ketones (excluding diaryl/α,β-unsaturated/α-hetero) is 2. The van der Waals surface area contributed by atoms with Crippen molar-refractivity contribution in [1.29, 1.82) is 0 Å². The van der Waals surface area contributed by atoms with Crippen LogP contribution in [0.25, 0.3) is 33.7 Å². The Morgan fingerprint density at radius 2 is 0.816 bits per heavy atom. The minimum Gasteiger partial charge on any atom is -0.480 e. The molecule has 0 aliphatic heterocycles. The lowest BCUT2D eigenvalue weighted by Gasteiger charge is -2.19. The van der Waals surface area contributed by atoms with Gasteiger partial charge in [-0.3, -0.25) is 76.8 Å². The van der Waals surface area contributed by atoms with Crippen LogP contribution in [0.4, 0.5) is 28.4 Å². The molecule has 11 rings (SSSR count). The van der Waals surface area contributed by atoms with Crippen LogP contribution in [-0.4, -0.2) is 167 Å². The summed E-state index contributed by atoms with van der Waals surface area (Å²) in [5.74, 6) is -3.06. The molecule has 0 spiro atoms. The smallest absolute Gasteiger partial charge is 0.297 e. The molecule has 50 heteroatoms. The summed E-state index contributed by atoms with van der Waals surface area (Å²) in [6, 6.07) is 15.1. The van der Waals surface area contributed by atoms with Crippen LogP contribution >= 0.6 is 0 Å². The first-order chi connectivity index (χ1) is 47.7. The van der Waals surface area contributed by atoms with E-state index in [1.807, 2.05) is 0 Å². The van der Waals surface area contributed by atoms with Crippen LogP contribution in [0.3, 0.4) is 0 Å². The van der Waals surface area contributed by atoms with Crippen LogP contribution in [0.1, 0.15) is 37.4 Å². The van der Waals surface area contributed by atoms with Gasteiger partial charge in [0.2, 0.25) is 34.0 Å². The Morgan fingerprint density at radius 1 is 0.408 bits per heavy atom. The molecular formula is C53H38N14O28S8. The molecule has 2 aromatic heterocycles. The third-order valence-corrected chi connectivity index (χ3v) is 21.4. The third-order valence-electron chi connectivity index (χ3n) is 14.3. The van der Waals surface area contributed by atoms with Crippen LogP contribution in [0.2, 0.25) is 0 Å². The number of aromatic amines is 4. The van der Waals surface area contributed by atoms with Gasteiger partial charge in [-0.1, -0.05) is 48.5 Å². The van der Waals surface area contributed by atoms with E-state index in [4.69, 9.17) is 0 Å². The molecule has 0 saturated heterocycles. The van der Waals surface area contributed by atoms with Crippen LogP contribution in [-0.2, 0) is 87.5 Å². The number of hydrogen-bond donors (Lipinski definition) is 16. The monoisotopic (exact) mass is 1570 g/mol. The van der Waals surface area contributed by atoms with E-state index in [1.54, 1.807) is 0 Å². The van der Waals surface area contributed by atoms with Gasteiger partial charge in [0.15, 0.2) is 11.4 Å². The average molecular weight is 1580 g/mol. The number of allylic oxidation sites excluding steroid dienone is 2. The molecule has 0 amide bonds. The van der Waals surface area contributed by atoms with Crippen molar-refractivity contribution in [1.82, 2.24) is 29.9 Å². The number of nitrogens with one attached hydrogen (secondary N) is 6. The van der Waals surface area contributed by atoms with Gasteiger partial charge in [0.1, 0.15) is 29.4 Å². The highest BCUT2D eigenvalue weighted by atomic mass is 32.2. The lowest BCUT2D eigenvalue weighted by molar-refractivity contribution is 0.105. The molecule has 2 aliphatic carbocycles. The predicted octanol–water partition coefficient (Wildman–Crippen LogP) is 1.57. The second-order valence-corrected chi connectivity index (χ2v) is 32.2. The zero-order valence-corrected chi connectivity index (χ0v) is 56.5. The molecule has 0 radical (unpaired) electrons. The molecule has 536 valence electrons. The fourth-order valence-electron chi connectivity index (χ4n) is 10.2. The topological polar surface area (TPSA) is 697 Å². The van der Waals surface area contributed by atoms with Crippen molar-refractivity contribution in [2.24, 2.45) is 30.2 Å². The molecule has 0 fully saturated rings. The van der Waals surface area contributed by atoms with Gasteiger partial charge in [-0.05, 0) is 89.5 Å². The Labute approximate surface area is 574 Å². The van der Waals surface area contributed by atoms with E-state index in [9.17, 15) is 124 Å². The summed E-state index contributed by atoms with van der Waals surface area (Å²) in [5, 5.41) is 26.9. The van der Waals surface area contributed by atoms with Crippen LogP contribution in [0.5, 0.6) is 12.0 Å². The van der Waals surface area contributed by atoms with Crippen LogP contribution in [0.15, 0.2) is 179 Å². The zero-order valence-electron chi connectivity index (χ0n) is 49.9. The highest BCUT2D eigenvalue weighted by molar-refractivity contribution is 7.91. The van der Waals surface area contributed by atoms with Gasteiger partial charge in [-0.2, -0.15) is 87.5 Å². The lowest BCUT2D eigenvalue weighted by atomic mass is 9.93. The van der Waals surface area contributed by atoms with E-state index < -0.39 is 244 Å². The minimum absolute atomic E-state index is 0.00709. The molecule has 9 aromatic rings. The number of benzene rings is 7. The van der Waals surface area contributed by atoms with Gasteiger partial charge in [0.25, 0.3) is 93.0 Å².